The van der Waals surface area contributed by atoms with E-state index in [1.165, 1.54) is 30.0 Å². The van der Waals surface area contributed by atoms with Gasteiger partial charge in [-0.15, -0.1) is 0 Å². The third-order valence-electron chi connectivity index (χ3n) is 4.17. The number of hydrogen-bond acceptors (Lipinski definition) is 2. The van der Waals surface area contributed by atoms with Crippen molar-refractivity contribution in [1.82, 2.24) is 0 Å². The Balaban J connectivity index is 1.78. The average molecular weight is 373 g/mol. The molecule has 0 aliphatic carbocycles. The van der Waals surface area contributed by atoms with Crippen LogP contribution in [0, 0.1) is 5.82 Å². The Labute approximate surface area is 156 Å². The molecule has 4 nitrogen and oxygen atoms in total. The summed E-state index contributed by atoms with van der Waals surface area (Å²) < 4.78 is 14.3. The molecule has 2 aromatic rings. The smallest absolute Gasteiger partial charge is 0.251 e. The van der Waals surface area contributed by atoms with Gasteiger partial charge < -0.3 is 10.2 Å². The number of nitrogens with zero attached hydrogens (tertiary/aromatic N) is 1. The first-order chi connectivity index (χ1) is 12.5. The van der Waals surface area contributed by atoms with Gasteiger partial charge in [-0.25, -0.2) is 4.39 Å². The molecule has 0 unspecified atom stereocenters. The van der Waals surface area contributed by atoms with Crippen molar-refractivity contribution in [2.24, 2.45) is 0 Å². The zero-order valence-corrected chi connectivity index (χ0v) is 15.0. The summed E-state index contributed by atoms with van der Waals surface area (Å²) in [6.45, 7) is 1.89. The summed E-state index contributed by atoms with van der Waals surface area (Å²) in [6, 6.07) is 9.89. The van der Waals surface area contributed by atoms with Crippen LogP contribution in [0.1, 0.15) is 24.5 Å². The van der Waals surface area contributed by atoms with Gasteiger partial charge in [0.25, 0.3) is 5.91 Å². The summed E-state index contributed by atoms with van der Waals surface area (Å²) in [5.41, 5.74) is 2.44. The van der Waals surface area contributed by atoms with Crippen LogP contribution in [0.2, 0.25) is 5.02 Å². The lowest BCUT2D eigenvalue weighted by molar-refractivity contribution is -0.115. The van der Waals surface area contributed by atoms with E-state index < -0.39 is 5.82 Å². The minimum absolute atomic E-state index is 0.145. The minimum atomic E-state index is -0.439. The highest BCUT2D eigenvalue weighted by Gasteiger charge is 2.26. The molecule has 0 radical (unpaired) electrons. The van der Waals surface area contributed by atoms with Crippen molar-refractivity contribution in [2.45, 2.75) is 19.8 Å². The summed E-state index contributed by atoms with van der Waals surface area (Å²) >= 11 is 6.16. The highest BCUT2D eigenvalue weighted by atomic mass is 35.5. The van der Waals surface area contributed by atoms with Crippen molar-refractivity contribution in [3.63, 3.8) is 0 Å². The van der Waals surface area contributed by atoms with Crippen molar-refractivity contribution < 1.29 is 14.0 Å². The molecule has 1 aliphatic heterocycles. The molecule has 1 aliphatic rings. The molecule has 134 valence electrons. The predicted octanol–water partition coefficient (Wildman–Crippen LogP) is 4.43. The Morgan fingerprint density at radius 1 is 1.19 bits per heavy atom. The molecule has 1 N–H and O–H groups in total. The van der Waals surface area contributed by atoms with Crippen molar-refractivity contribution >= 4 is 40.9 Å². The molecule has 0 saturated carbocycles. The van der Waals surface area contributed by atoms with Gasteiger partial charge in [0.15, 0.2) is 0 Å². The third-order valence-corrected chi connectivity index (χ3v) is 4.52. The largest absolute Gasteiger partial charge is 0.326 e. The van der Waals surface area contributed by atoms with Gasteiger partial charge in [-0.2, -0.15) is 0 Å². The van der Waals surface area contributed by atoms with Crippen LogP contribution in [0.3, 0.4) is 0 Å². The summed E-state index contributed by atoms with van der Waals surface area (Å²) in [6.07, 6.45) is 4.48. The quantitative estimate of drug-likeness (QED) is 0.810. The van der Waals surface area contributed by atoms with Crippen molar-refractivity contribution in [1.29, 1.82) is 0 Å². The molecule has 2 amide bonds. The van der Waals surface area contributed by atoms with E-state index >= 15 is 0 Å². The monoisotopic (exact) mass is 372 g/mol. The number of halogens is 2. The van der Waals surface area contributed by atoms with Gasteiger partial charge in [-0.3, -0.25) is 9.59 Å². The number of amides is 2. The number of fused-ring (bicyclic) bond motifs is 1. The normalized spacial score (nSPS) is 13.6. The lowest BCUT2D eigenvalue weighted by atomic mass is 10.0. The maximum Gasteiger partial charge on any atom is 0.251 e. The SMILES string of the molecule is CC(=O)Nc1ccc(C=CC(=O)N2CCCc3c(Cl)ccc(F)c32)cc1. The van der Waals surface area contributed by atoms with E-state index in [-0.39, 0.29) is 17.5 Å². The fourth-order valence-corrected chi connectivity index (χ4v) is 3.24. The van der Waals surface area contributed by atoms with Gasteiger partial charge in [0.1, 0.15) is 5.82 Å². The number of carbonyl (C=O) groups excluding carboxylic acids is 2. The second kappa shape index (κ2) is 7.70. The maximum absolute atomic E-state index is 14.3. The summed E-state index contributed by atoms with van der Waals surface area (Å²) in [7, 11) is 0. The predicted molar refractivity (Wildman–Crippen MR) is 102 cm³/mol. The fourth-order valence-electron chi connectivity index (χ4n) is 3.00. The molecule has 0 aromatic heterocycles. The van der Waals surface area contributed by atoms with Crippen molar-refractivity contribution in [2.75, 3.05) is 16.8 Å². The van der Waals surface area contributed by atoms with Gasteiger partial charge in [-0.05, 0) is 54.3 Å². The van der Waals surface area contributed by atoms with Gasteiger partial charge in [0, 0.05) is 30.3 Å². The number of nitrogens with one attached hydrogen (secondary N) is 1. The lowest BCUT2D eigenvalue weighted by Gasteiger charge is -2.29. The Hall–Kier alpha value is -2.66. The first kappa shape index (κ1) is 18.1. The first-order valence-corrected chi connectivity index (χ1v) is 8.67. The number of hydrogen-bond donors (Lipinski definition) is 1. The lowest BCUT2D eigenvalue weighted by Crippen LogP contribution is -2.35. The average Bonchev–Trinajstić information content (AvgIpc) is 2.63. The standard InChI is InChI=1S/C20H18ClFN2O2/c1-13(25)23-15-7-4-14(5-8-15)6-11-19(26)24-12-2-3-16-17(21)9-10-18(22)20(16)24/h4-11H,2-3,12H2,1H3,(H,23,25). The molecular formula is C20H18ClFN2O2. The van der Waals surface area contributed by atoms with Crippen LogP contribution in [0.4, 0.5) is 15.8 Å². The molecule has 26 heavy (non-hydrogen) atoms. The van der Waals surface area contributed by atoms with E-state index in [0.29, 0.717) is 29.2 Å². The Kier molecular flexibility index (Phi) is 5.38. The molecule has 0 atom stereocenters. The van der Waals surface area contributed by atoms with Gasteiger partial charge in [0.2, 0.25) is 5.91 Å². The van der Waals surface area contributed by atoms with E-state index in [9.17, 15) is 14.0 Å². The summed E-state index contributed by atoms with van der Waals surface area (Å²) in [5, 5.41) is 3.16. The third kappa shape index (κ3) is 3.94. The van der Waals surface area contributed by atoms with Crippen LogP contribution < -0.4 is 10.2 Å². The molecule has 0 saturated heterocycles. The van der Waals surface area contributed by atoms with E-state index in [1.807, 2.05) is 0 Å². The van der Waals surface area contributed by atoms with E-state index in [0.717, 1.165) is 12.0 Å². The van der Waals surface area contributed by atoms with Crippen LogP contribution in [0.5, 0.6) is 0 Å². The second-order valence-electron chi connectivity index (χ2n) is 6.09. The van der Waals surface area contributed by atoms with Crippen molar-refractivity contribution in [3.05, 3.63) is 64.4 Å². The summed E-state index contributed by atoms with van der Waals surface area (Å²) in [5.74, 6) is -0.878. The molecule has 6 heteroatoms. The van der Waals surface area contributed by atoms with Crippen LogP contribution >= 0.6 is 11.6 Å². The number of rotatable bonds is 3. The Morgan fingerprint density at radius 3 is 2.62 bits per heavy atom. The van der Waals surface area contributed by atoms with Gasteiger partial charge in [-0.1, -0.05) is 23.7 Å². The van der Waals surface area contributed by atoms with Crippen LogP contribution in [0.15, 0.2) is 42.5 Å². The number of benzene rings is 2. The molecule has 0 bridgehead atoms. The van der Waals surface area contributed by atoms with Crippen LogP contribution in [-0.2, 0) is 16.0 Å². The fraction of sp³-hybridized carbons (Fsp3) is 0.200. The van der Waals surface area contributed by atoms with Crippen LogP contribution in [-0.4, -0.2) is 18.4 Å². The molecule has 3 rings (SSSR count). The van der Waals surface area contributed by atoms with E-state index in [4.69, 9.17) is 11.6 Å². The molecule has 0 fully saturated rings. The Morgan fingerprint density at radius 2 is 1.92 bits per heavy atom. The first-order valence-electron chi connectivity index (χ1n) is 8.30. The van der Waals surface area contributed by atoms with Crippen molar-refractivity contribution in [3.8, 4) is 0 Å². The van der Waals surface area contributed by atoms with E-state index in [2.05, 4.69) is 5.32 Å². The highest BCUT2D eigenvalue weighted by Crippen LogP contribution is 2.35. The van der Waals surface area contributed by atoms with Gasteiger partial charge >= 0.3 is 0 Å². The molecule has 2 aromatic carbocycles. The topological polar surface area (TPSA) is 49.4 Å². The maximum atomic E-state index is 14.3. The molecular weight excluding hydrogens is 355 g/mol. The Bertz CT molecular complexity index is 878. The number of carbonyl (C=O) groups is 2. The number of anilines is 2. The zero-order chi connectivity index (χ0) is 18.7. The summed E-state index contributed by atoms with van der Waals surface area (Å²) in [4.78, 5) is 25.0. The van der Waals surface area contributed by atoms with Crippen LogP contribution in [0.25, 0.3) is 6.08 Å². The molecule has 0 spiro atoms. The van der Waals surface area contributed by atoms with Gasteiger partial charge in [0.05, 0.1) is 5.69 Å². The zero-order valence-electron chi connectivity index (χ0n) is 14.3. The minimum Gasteiger partial charge on any atom is -0.326 e. The second-order valence-corrected chi connectivity index (χ2v) is 6.49. The molecule has 1 heterocycles. The van der Waals surface area contributed by atoms with E-state index in [1.54, 1.807) is 30.3 Å². The highest BCUT2D eigenvalue weighted by molar-refractivity contribution is 6.32.